The van der Waals surface area contributed by atoms with Crippen molar-refractivity contribution >= 4 is 16.6 Å². The van der Waals surface area contributed by atoms with Gasteiger partial charge in [0.2, 0.25) is 0 Å². The molecule has 0 aliphatic rings. The largest absolute Gasteiger partial charge is 0.319 e. The molecule has 15 heavy (non-hydrogen) atoms. The summed E-state index contributed by atoms with van der Waals surface area (Å²) in [6.07, 6.45) is 1.64. The van der Waals surface area contributed by atoms with Crippen molar-refractivity contribution < 1.29 is 0 Å². The van der Waals surface area contributed by atoms with Crippen molar-refractivity contribution in [2.45, 2.75) is 6.92 Å². The Balaban J connectivity index is 2.74. The van der Waals surface area contributed by atoms with Crippen molar-refractivity contribution in [3.05, 3.63) is 46.4 Å². The highest BCUT2D eigenvalue weighted by Gasteiger charge is 2.06. The van der Waals surface area contributed by atoms with E-state index in [1.165, 1.54) is 0 Å². The molecule has 1 aromatic carbocycles. The lowest BCUT2D eigenvalue weighted by atomic mass is 10.2. The van der Waals surface area contributed by atoms with Crippen LogP contribution in [0.3, 0.4) is 0 Å². The zero-order chi connectivity index (χ0) is 10.4. The Morgan fingerprint density at radius 3 is 3.07 bits per heavy atom. The number of hydrogen-bond acceptors (Lipinski definition) is 2. The highest BCUT2D eigenvalue weighted by Crippen LogP contribution is 2.15. The van der Waals surface area contributed by atoms with Gasteiger partial charge >= 0.3 is 0 Å². The van der Waals surface area contributed by atoms with E-state index in [-0.39, 0.29) is 5.56 Å². The van der Waals surface area contributed by atoms with Crippen molar-refractivity contribution in [1.29, 1.82) is 0 Å². The van der Waals surface area contributed by atoms with Gasteiger partial charge in [0.15, 0.2) is 0 Å². The van der Waals surface area contributed by atoms with Gasteiger partial charge < -0.3 is 4.98 Å². The Labute approximate surface area is 85.2 Å². The van der Waals surface area contributed by atoms with E-state index in [1.807, 2.05) is 25.1 Å². The van der Waals surface area contributed by atoms with Crippen LogP contribution in [0.4, 0.5) is 0 Å². The van der Waals surface area contributed by atoms with Crippen LogP contribution < -0.4 is 5.56 Å². The number of hydrogen-bond donors (Lipinski definition) is 1. The highest BCUT2D eigenvalue weighted by atomic mass is 16.1. The monoisotopic (exact) mass is 199 g/mol. The predicted octanol–water partition coefficient (Wildman–Crippen LogP) is 1.48. The van der Waals surface area contributed by atoms with Gasteiger partial charge in [-0.3, -0.25) is 4.79 Å². The number of H-pyrrole nitrogens is 1. The second-order valence-corrected chi connectivity index (χ2v) is 3.55. The minimum atomic E-state index is -0.106. The van der Waals surface area contributed by atoms with E-state index in [9.17, 15) is 4.79 Å². The van der Waals surface area contributed by atoms with Gasteiger partial charge in [0.1, 0.15) is 5.52 Å². The normalized spacial score (nSPS) is 11.3. The standard InChI is InChI=1S/C11H9N3O/c1-7-3-2-4-8-10(7)14-9(5-6-12-14)11(15)13-8/h2-6H,1H3,(H,13,15). The molecule has 2 aromatic heterocycles. The van der Waals surface area contributed by atoms with Crippen LogP contribution in [0.1, 0.15) is 5.56 Å². The second kappa shape index (κ2) is 2.70. The van der Waals surface area contributed by atoms with E-state index in [1.54, 1.807) is 16.8 Å². The number of nitrogens with one attached hydrogen (secondary N) is 1. The molecule has 0 spiro atoms. The molecule has 0 amide bonds. The van der Waals surface area contributed by atoms with E-state index in [0.29, 0.717) is 5.52 Å². The van der Waals surface area contributed by atoms with Crippen LogP contribution >= 0.6 is 0 Å². The molecule has 0 aliphatic carbocycles. The molecule has 4 nitrogen and oxygen atoms in total. The zero-order valence-electron chi connectivity index (χ0n) is 8.19. The molecule has 0 atom stereocenters. The molecule has 1 N–H and O–H groups in total. The topological polar surface area (TPSA) is 50.2 Å². The van der Waals surface area contributed by atoms with Crippen molar-refractivity contribution in [1.82, 2.24) is 14.6 Å². The van der Waals surface area contributed by atoms with Gasteiger partial charge in [-0.05, 0) is 24.6 Å². The molecule has 3 aromatic rings. The number of para-hydroxylation sites is 1. The van der Waals surface area contributed by atoms with Crippen LogP contribution in [0.2, 0.25) is 0 Å². The molecular weight excluding hydrogens is 190 g/mol. The zero-order valence-corrected chi connectivity index (χ0v) is 8.19. The number of aryl methyl sites for hydroxylation is 1. The number of nitrogens with zero attached hydrogens (tertiary/aromatic N) is 2. The highest BCUT2D eigenvalue weighted by molar-refractivity contribution is 5.80. The second-order valence-electron chi connectivity index (χ2n) is 3.55. The summed E-state index contributed by atoms with van der Waals surface area (Å²) in [7, 11) is 0. The third kappa shape index (κ3) is 1.01. The van der Waals surface area contributed by atoms with Crippen LogP contribution in [-0.2, 0) is 0 Å². The molecule has 0 saturated heterocycles. The van der Waals surface area contributed by atoms with E-state index in [0.717, 1.165) is 16.6 Å². The first kappa shape index (κ1) is 8.23. The quantitative estimate of drug-likeness (QED) is 0.596. The Kier molecular flexibility index (Phi) is 1.48. The van der Waals surface area contributed by atoms with Gasteiger partial charge in [-0.2, -0.15) is 5.10 Å². The molecule has 3 rings (SSSR count). The Bertz CT molecular complexity index is 708. The Morgan fingerprint density at radius 2 is 2.20 bits per heavy atom. The maximum absolute atomic E-state index is 11.6. The first-order valence-electron chi connectivity index (χ1n) is 4.73. The van der Waals surface area contributed by atoms with Crippen LogP contribution in [0, 0.1) is 6.92 Å². The Hall–Kier alpha value is -2.10. The SMILES string of the molecule is Cc1cccc2[nH]c(=O)c3ccnn3c12. The minimum Gasteiger partial charge on any atom is -0.319 e. The predicted molar refractivity (Wildman–Crippen MR) is 58.1 cm³/mol. The van der Waals surface area contributed by atoms with Crippen LogP contribution in [0.15, 0.2) is 35.3 Å². The smallest absolute Gasteiger partial charge is 0.274 e. The number of fused-ring (bicyclic) bond motifs is 3. The molecule has 4 heteroatoms. The summed E-state index contributed by atoms with van der Waals surface area (Å²) in [5.74, 6) is 0. The van der Waals surface area contributed by atoms with E-state index in [2.05, 4.69) is 10.1 Å². The van der Waals surface area contributed by atoms with Gasteiger partial charge in [0.05, 0.1) is 17.2 Å². The average Bonchev–Trinajstić information content (AvgIpc) is 2.66. The maximum Gasteiger partial charge on any atom is 0.274 e. The molecule has 0 bridgehead atoms. The van der Waals surface area contributed by atoms with E-state index >= 15 is 0 Å². The summed E-state index contributed by atoms with van der Waals surface area (Å²) in [6, 6.07) is 7.51. The van der Waals surface area contributed by atoms with Crippen molar-refractivity contribution in [2.24, 2.45) is 0 Å². The lowest BCUT2D eigenvalue weighted by molar-refractivity contribution is 0.982. The van der Waals surface area contributed by atoms with Gasteiger partial charge in [-0.25, -0.2) is 4.52 Å². The van der Waals surface area contributed by atoms with Crippen LogP contribution in [0.5, 0.6) is 0 Å². The first-order valence-corrected chi connectivity index (χ1v) is 4.73. The number of aromatic amines is 1. The number of rotatable bonds is 0. The van der Waals surface area contributed by atoms with Gasteiger partial charge in [0.25, 0.3) is 5.56 Å². The van der Waals surface area contributed by atoms with Crippen molar-refractivity contribution in [3.8, 4) is 0 Å². The molecule has 0 radical (unpaired) electrons. The summed E-state index contributed by atoms with van der Waals surface area (Å²) in [4.78, 5) is 14.5. The molecule has 0 fully saturated rings. The molecule has 0 unspecified atom stereocenters. The van der Waals surface area contributed by atoms with E-state index < -0.39 is 0 Å². The summed E-state index contributed by atoms with van der Waals surface area (Å²) >= 11 is 0. The maximum atomic E-state index is 11.6. The van der Waals surface area contributed by atoms with Crippen LogP contribution in [-0.4, -0.2) is 14.6 Å². The lowest BCUT2D eigenvalue weighted by Gasteiger charge is -2.03. The molecule has 2 heterocycles. The van der Waals surface area contributed by atoms with E-state index in [4.69, 9.17) is 0 Å². The minimum absolute atomic E-state index is 0.106. The van der Waals surface area contributed by atoms with Gasteiger partial charge in [0, 0.05) is 0 Å². The third-order valence-corrected chi connectivity index (χ3v) is 2.57. The van der Waals surface area contributed by atoms with Crippen molar-refractivity contribution in [3.63, 3.8) is 0 Å². The fourth-order valence-corrected chi connectivity index (χ4v) is 1.88. The average molecular weight is 199 g/mol. The Morgan fingerprint density at radius 1 is 1.33 bits per heavy atom. The van der Waals surface area contributed by atoms with Crippen LogP contribution in [0.25, 0.3) is 16.6 Å². The summed E-state index contributed by atoms with van der Waals surface area (Å²) in [6.45, 7) is 2.00. The lowest BCUT2D eigenvalue weighted by Crippen LogP contribution is -2.10. The fraction of sp³-hybridized carbons (Fsp3) is 0.0909. The molecule has 0 saturated carbocycles. The summed E-state index contributed by atoms with van der Waals surface area (Å²) < 4.78 is 1.68. The summed E-state index contributed by atoms with van der Waals surface area (Å²) in [5.41, 5.74) is 3.34. The first-order chi connectivity index (χ1) is 7.27. The summed E-state index contributed by atoms with van der Waals surface area (Å²) in [5, 5.41) is 4.17. The molecular formula is C11H9N3O. The molecule has 0 aliphatic heterocycles. The number of aromatic nitrogens is 3. The molecule has 74 valence electrons. The van der Waals surface area contributed by atoms with Gasteiger partial charge in [-0.15, -0.1) is 0 Å². The third-order valence-electron chi connectivity index (χ3n) is 2.57. The van der Waals surface area contributed by atoms with Crippen molar-refractivity contribution in [2.75, 3.05) is 0 Å². The van der Waals surface area contributed by atoms with Gasteiger partial charge in [-0.1, -0.05) is 12.1 Å². The fourth-order valence-electron chi connectivity index (χ4n) is 1.88. The number of benzene rings is 1.